The summed E-state index contributed by atoms with van der Waals surface area (Å²) in [7, 11) is 0. The molecule has 2 saturated carbocycles. The van der Waals surface area contributed by atoms with Gasteiger partial charge in [-0.1, -0.05) is 80.2 Å². The van der Waals surface area contributed by atoms with Crippen LogP contribution in [-0.4, -0.2) is 29.3 Å². The van der Waals surface area contributed by atoms with Crippen LogP contribution in [0.4, 0.5) is 0 Å². The summed E-state index contributed by atoms with van der Waals surface area (Å²) < 4.78 is 11.8. The third-order valence-electron chi connectivity index (χ3n) is 8.32. The number of allylic oxidation sites excluding steroid dienone is 2. The highest BCUT2D eigenvalue weighted by Crippen LogP contribution is 2.49. The first kappa shape index (κ1) is 34.2. The zero-order valence-corrected chi connectivity index (χ0v) is 27.8. The first-order valence-electron chi connectivity index (χ1n) is 15.8. The van der Waals surface area contributed by atoms with Crippen molar-refractivity contribution in [2.24, 2.45) is 17.3 Å². The summed E-state index contributed by atoms with van der Waals surface area (Å²) in [5, 5.41) is 0. The van der Waals surface area contributed by atoms with Crippen molar-refractivity contribution in [1.82, 2.24) is 0 Å². The van der Waals surface area contributed by atoms with Crippen molar-refractivity contribution in [1.29, 1.82) is 0 Å². The Bertz CT molecular complexity index is 1510. The van der Waals surface area contributed by atoms with Crippen LogP contribution >= 0.6 is 15.9 Å². The van der Waals surface area contributed by atoms with Crippen molar-refractivity contribution in [3.63, 3.8) is 0 Å². The molecule has 0 unspecified atom stereocenters. The van der Waals surface area contributed by atoms with Gasteiger partial charge in [0.05, 0.1) is 12.3 Å². The van der Waals surface area contributed by atoms with Crippen LogP contribution in [0.3, 0.4) is 0 Å². The number of esters is 2. The second kappa shape index (κ2) is 15.6. The largest absolute Gasteiger partial charge is 0.426 e. The van der Waals surface area contributed by atoms with Crippen LogP contribution in [-0.2, 0) is 30.4 Å². The molecule has 2 aliphatic carbocycles. The van der Waals surface area contributed by atoms with Crippen LogP contribution in [0.5, 0.6) is 11.5 Å². The van der Waals surface area contributed by atoms with E-state index in [0.717, 1.165) is 36.8 Å². The summed E-state index contributed by atoms with van der Waals surface area (Å²) in [6, 6.07) is 10.4. The van der Waals surface area contributed by atoms with Crippen molar-refractivity contribution in [2.75, 3.05) is 0 Å². The maximum absolute atomic E-state index is 12.7. The lowest BCUT2D eigenvalue weighted by atomic mass is 9.89. The zero-order chi connectivity index (χ0) is 32.6. The van der Waals surface area contributed by atoms with Crippen molar-refractivity contribution in [3.05, 3.63) is 69.7 Å². The predicted molar refractivity (Wildman–Crippen MR) is 177 cm³/mol. The number of Topliss-reactive ketones (excluding diaryl/α,β-unsaturated/α-hetero) is 1. The number of ketones is 3. The van der Waals surface area contributed by atoms with E-state index in [4.69, 9.17) is 9.47 Å². The number of ether oxygens (including phenoxy) is 2. The normalized spacial score (nSPS) is 16.2. The molecule has 0 radical (unpaired) electrons. The lowest BCUT2D eigenvalue weighted by Gasteiger charge is -2.20. The second-order valence-electron chi connectivity index (χ2n) is 12.4. The van der Waals surface area contributed by atoms with E-state index >= 15 is 0 Å². The van der Waals surface area contributed by atoms with Gasteiger partial charge < -0.3 is 9.47 Å². The molecule has 0 amide bonds. The second-order valence-corrected chi connectivity index (χ2v) is 13.3. The molecule has 0 bridgehead atoms. The van der Waals surface area contributed by atoms with Gasteiger partial charge in [-0.3, -0.25) is 24.0 Å². The molecule has 2 fully saturated rings. The molecule has 238 valence electrons. The smallest absolute Gasteiger partial charge is 0.325 e. The van der Waals surface area contributed by atoms with Gasteiger partial charge in [0, 0.05) is 10.9 Å². The summed E-state index contributed by atoms with van der Waals surface area (Å²) in [4.78, 5) is 62.9. The Labute approximate surface area is 273 Å². The van der Waals surface area contributed by atoms with Crippen LogP contribution in [0.15, 0.2) is 53.0 Å². The molecular weight excluding hydrogens is 636 g/mol. The fourth-order valence-corrected chi connectivity index (χ4v) is 5.96. The molecule has 2 aliphatic rings. The van der Waals surface area contributed by atoms with Crippen molar-refractivity contribution >= 4 is 57.4 Å². The molecule has 0 aromatic heterocycles. The highest BCUT2D eigenvalue weighted by atomic mass is 79.9. The molecule has 0 atom stereocenters. The molecule has 45 heavy (non-hydrogen) atoms. The van der Waals surface area contributed by atoms with Gasteiger partial charge in [-0.25, -0.2) is 0 Å². The van der Waals surface area contributed by atoms with Crippen molar-refractivity contribution in [3.8, 4) is 11.5 Å². The number of hydrogen-bond donors (Lipinski definition) is 0. The van der Waals surface area contributed by atoms with E-state index in [1.165, 1.54) is 18.6 Å². The molecular formula is C37H41BrO7. The maximum Gasteiger partial charge on any atom is 0.325 e. The highest BCUT2D eigenvalue weighted by molar-refractivity contribution is 9.10. The minimum atomic E-state index is -1.02. The number of rotatable bonds is 14. The van der Waals surface area contributed by atoms with Gasteiger partial charge in [0.15, 0.2) is 11.6 Å². The third-order valence-corrected chi connectivity index (χ3v) is 9.01. The topological polar surface area (TPSA) is 104 Å². The minimum absolute atomic E-state index is 0.0374. The number of carbonyl (C=O) groups is 5. The van der Waals surface area contributed by atoms with E-state index in [2.05, 4.69) is 15.9 Å². The summed E-state index contributed by atoms with van der Waals surface area (Å²) in [6.07, 6.45) is 12.8. The lowest BCUT2D eigenvalue weighted by Crippen LogP contribution is -2.30. The Kier molecular flexibility index (Phi) is 11.8. The van der Waals surface area contributed by atoms with Crippen LogP contribution in [0.25, 0.3) is 12.2 Å². The first-order valence-corrected chi connectivity index (χ1v) is 16.6. The molecule has 0 heterocycles. The Balaban J connectivity index is 1.29. The molecule has 8 heteroatoms. The first-order chi connectivity index (χ1) is 21.5. The molecule has 7 nitrogen and oxygen atoms in total. The molecule has 2 aromatic rings. The SMILES string of the molecule is CCc1cc(C=CC(=O)CC(=O)C=Cc2ccc(OC(=O)C3(C(=O)CC(C)C)CC3)cc2Br)ccc1OC(=O)C1CCCCC1. The van der Waals surface area contributed by atoms with E-state index in [0.29, 0.717) is 47.2 Å². The van der Waals surface area contributed by atoms with Gasteiger partial charge in [0.25, 0.3) is 0 Å². The van der Waals surface area contributed by atoms with Crippen molar-refractivity contribution in [2.45, 2.75) is 85.0 Å². The predicted octanol–water partition coefficient (Wildman–Crippen LogP) is 8.05. The summed E-state index contributed by atoms with van der Waals surface area (Å²) in [6.45, 7) is 5.87. The van der Waals surface area contributed by atoms with E-state index in [1.807, 2.05) is 26.8 Å². The highest BCUT2D eigenvalue weighted by Gasteiger charge is 2.57. The van der Waals surface area contributed by atoms with Crippen LogP contribution in [0, 0.1) is 17.3 Å². The molecule has 0 N–H and O–H groups in total. The van der Waals surface area contributed by atoms with Gasteiger partial charge in [-0.05, 0) is 91.1 Å². The fraction of sp³-hybridized carbons (Fsp3) is 0.432. The molecule has 0 saturated heterocycles. The summed E-state index contributed by atoms with van der Waals surface area (Å²) in [5.74, 6) is -0.456. The quantitative estimate of drug-likeness (QED) is 0.0863. The monoisotopic (exact) mass is 676 g/mol. The minimum Gasteiger partial charge on any atom is -0.426 e. The van der Waals surface area contributed by atoms with E-state index < -0.39 is 11.4 Å². The third kappa shape index (κ3) is 9.42. The standard InChI is InChI=1S/C37H41BrO7/c1-4-26-21-25(11-17-33(26)45-35(42)28-8-6-5-7-9-28)10-14-29(39)22-30(40)15-12-27-13-16-31(23-32(27)38)44-36(43)37(18-19-37)34(41)20-24(2)3/h10-17,21,23-24,28H,4-9,18-20,22H2,1-3H3. The van der Waals surface area contributed by atoms with E-state index in [1.54, 1.807) is 42.5 Å². The van der Waals surface area contributed by atoms with Crippen molar-refractivity contribution < 1.29 is 33.4 Å². The molecule has 0 aliphatic heterocycles. The van der Waals surface area contributed by atoms with Gasteiger partial charge in [-0.2, -0.15) is 0 Å². The molecule has 4 rings (SSSR count). The van der Waals surface area contributed by atoms with Gasteiger partial charge >= 0.3 is 11.9 Å². The number of hydrogen-bond acceptors (Lipinski definition) is 7. The Morgan fingerprint density at radius 1 is 0.911 bits per heavy atom. The average molecular weight is 678 g/mol. The van der Waals surface area contributed by atoms with Gasteiger partial charge in [0.2, 0.25) is 0 Å². The number of aryl methyl sites for hydroxylation is 1. The summed E-state index contributed by atoms with van der Waals surface area (Å²) >= 11 is 3.44. The fourth-order valence-electron chi connectivity index (χ4n) is 5.47. The van der Waals surface area contributed by atoms with Gasteiger partial charge in [0.1, 0.15) is 22.7 Å². The van der Waals surface area contributed by atoms with Crippen LogP contribution in [0.2, 0.25) is 0 Å². The summed E-state index contributed by atoms with van der Waals surface area (Å²) in [5.41, 5.74) is 1.31. The zero-order valence-electron chi connectivity index (χ0n) is 26.2. The number of halogens is 1. The number of carbonyl (C=O) groups excluding carboxylic acids is 5. The Hall–Kier alpha value is -3.65. The van der Waals surface area contributed by atoms with Crippen LogP contribution in [0.1, 0.15) is 95.2 Å². The average Bonchev–Trinajstić information content (AvgIpc) is 3.83. The lowest BCUT2D eigenvalue weighted by molar-refractivity contribution is -0.146. The van der Waals surface area contributed by atoms with Gasteiger partial charge in [-0.15, -0.1) is 0 Å². The van der Waals surface area contributed by atoms with E-state index in [-0.39, 0.29) is 41.6 Å². The number of benzene rings is 2. The Morgan fingerprint density at radius 2 is 1.60 bits per heavy atom. The van der Waals surface area contributed by atoms with E-state index in [9.17, 15) is 24.0 Å². The molecule has 2 aromatic carbocycles. The molecule has 0 spiro atoms. The van der Waals surface area contributed by atoms with Crippen LogP contribution < -0.4 is 9.47 Å². The Morgan fingerprint density at radius 3 is 2.22 bits per heavy atom. The maximum atomic E-state index is 12.7.